The van der Waals surface area contributed by atoms with Crippen molar-refractivity contribution in [2.45, 2.75) is 32.3 Å². The van der Waals surface area contributed by atoms with Gasteiger partial charge in [0.05, 0.1) is 12.7 Å². The molecule has 2 atom stereocenters. The van der Waals surface area contributed by atoms with E-state index in [1.807, 2.05) is 0 Å². The highest BCUT2D eigenvalue weighted by atomic mass is 16.5. The van der Waals surface area contributed by atoms with Crippen LogP contribution in [0, 0.1) is 5.92 Å². The van der Waals surface area contributed by atoms with E-state index in [1.54, 1.807) is 7.11 Å². The summed E-state index contributed by atoms with van der Waals surface area (Å²) >= 11 is 0. The van der Waals surface area contributed by atoms with Crippen molar-refractivity contribution in [3.63, 3.8) is 0 Å². The summed E-state index contributed by atoms with van der Waals surface area (Å²) in [6, 6.07) is 10.6. The molecule has 0 saturated carbocycles. The average molecular weight is 265 g/mol. The molecule has 1 rings (SSSR count). The number of nitrogens with one attached hydrogen (secondary N) is 1. The Kier molecular flexibility index (Phi) is 7.72. The summed E-state index contributed by atoms with van der Waals surface area (Å²) in [6.45, 7) is 6.67. The maximum absolute atomic E-state index is 9.58. The van der Waals surface area contributed by atoms with E-state index in [9.17, 15) is 5.11 Å². The minimum atomic E-state index is -0.369. The van der Waals surface area contributed by atoms with Crippen molar-refractivity contribution < 1.29 is 9.84 Å². The van der Waals surface area contributed by atoms with Gasteiger partial charge in [-0.15, -0.1) is 0 Å². The average Bonchev–Trinajstić information content (AvgIpc) is 2.39. The molecule has 2 N–H and O–H groups in total. The van der Waals surface area contributed by atoms with Crippen LogP contribution in [-0.2, 0) is 4.74 Å². The molecule has 2 unspecified atom stereocenters. The van der Waals surface area contributed by atoms with Crippen molar-refractivity contribution in [1.29, 1.82) is 0 Å². The maximum atomic E-state index is 9.58. The third-order valence-corrected chi connectivity index (χ3v) is 3.41. The van der Waals surface area contributed by atoms with E-state index >= 15 is 0 Å². The zero-order valence-corrected chi connectivity index (χ0v) is 12.3. The van der Waals surface area contributed by atoms with E-state index in [1.165, 1.54) is 5.56 Å². The molecule has 3 heteroatoms. The van der Waals surface area contributed by atoms with Crippen LogP contribution in [0.25, 0.3) is 0 Å². The topological polar surface area (TPSA) is 41.5 Å². The molecule has 0 fully saturated rings. The van der Waals surface area contributed by atoms with E-state index in [4.69, 9.17) is 4.74 Å². The number of ether oxygens (including phenoxy) is 1. The predicted molar refractivity (Wildman–Crippen MR) is 79.4 cm³/mol. The van der Waals surface area contributed by atoms with Gasteiger partial charge in [0, 0.05) is 13.7 Å². The van der Waals surface area contributed by atoms with Gasteiger partial charge in [0.2, 0.25) is 0 Å². The smallest absolute Gasteiger partial charge is 0.0785 e. The second kappa shape index (κ2) is 9.08. The van der Waals surface area contributed by atoms with Crippen LogP contribution >= 0.6 is 0 Å². The Balaban J connectivity index is 2.35. The third-order valence-electron chi connectivity index (χ3n) is 3.41. The van der Waals surface area contributed by atoms with Crippen LogP contribution in [0.3, 0.4) is 0 Å². The first-order chi connectivity index (χ1) is 9.15. The minimum Gasteiger partial charge on any atom is -0.391 e. The second-order valence-corrected chi connectivity index (χ2v) is 5.36. The van der Waals surface area contributed by atoms with Crippen molar-refractivity contribution in [2.75, 3.05) is 26.8 Å². The van der Waals surface area contributed by atoms with Crippen molar-refractivity contribution >= 4 is 0 Å². The number of methoxy groups -OCH3 is 1. The van der Waals surface area contributed by atoms with Crippen molar-refractivity contribution in [3.8, 4) is 0 Å². The van der Waals surface area contributed by atoms with Gasteiger partial charge in [-0.1, -0.05) is 44.2 Å². The Morgan fingerprint density at radius 1 is 1.21 bits per heavy atom. The van der Waals surface area contributed by atoms with Gasteiger partial charge in [-0.2, -0.15) is 0 Å². The predicted octanol–water partition coefficient (Wildman–Crippen LogP) is 2.41. The highest BCUT2D eigenvalue weighted by Crippen LogP contribution is 2.23. The first-order valence-corrected chi connectivity index (χ1v) is 7.07. The lowest BCUT2D eigenvalue weighted by molar-refractivity contribution is 0.0593. The lowest BCUT2D eigenvalue weighted by Crippen LogP contribution is -2.28. The Hall–Kier alpha value is -0.900. The summed E-state index contributed by atoms with van der Waals surface area (Å²) in [5.41, 5.74) is 1.38. The van der Waals surface area contributed by atoms with Crippen LogP contribution in [0.1, 0.15) is 31.7 Å². The van der Waals surface area contributed by atoms with Gasteiger partial charge in [0.25, 0.3) is 0 Å². The summed E-state index contributed by atoms with van der Waals surface area (Å²) in [6.07, 6.45) is 0.361. The minimum absolute atomic E-state index is 0.369. The normalized spacial score (nSPS) is 14.6. The standard InChI is InChI=1S/C16H27NO2/c1-13(2)16(14-7-5-4-6-8-14)11-17-10-9-15(18)12-19-3/h4-8,13,15-18H,9-12H2,1-3H3. The fourth-order valence-corrected chi connectivity index (χ4v) is 2.24. The molecule has 0 aliphatic carbocycles. The zero-order chi connectivity index (χ0) is 14.1. The number of benzene rings is 1. The second-order valence-electron chi connectivity index (χ2n) is 5.36. The largest absolute Gasteiger partial charge is 0.391 e. The molecule has 0 aliphatic heterocycles. The molecule has 19 heavy (non-hydrogen) atoms. The lowest BCUT2D eigenvalue weighted by Gasteiger charge is -2.22. The zero-order valence-electron chi connectivity index (χ0n) is 12.3. The molecular formula is C16H27NO2. The summed E-state index contributed by atoms with van der Waals surface area (Å²) in [5, 5.41) is 13.0. The van der Waals surface area contributed by atoms with Gasteiger partial charge in [0.1, 0.15) is 0 Å². The van der Waals surface area contributed by atoms with Crippen LogP contribution < -0.4 is 5.32 Å². The molecule has 0 radical (unpaired) electrons. The number of hydrogen-bond donors (Lipinski definition) is 2. The molecule has 0 amide bonds. The van der Waals surface area contributed by atoms with Gasteiger partial charge in [-0.25, -0.2) is 0 Å². The fourth-order valence-electron chi connectivity index (χ4n) is 2.24. The van der Waals surface area contributed by atoms with Gasteiger partial charge in [-0.05, 0) is 30.4 Å². The number of hydrogen-bond acceptors (Lipinski definition) is 3. The Morgan fingerprint density at radius 3 is 2.47 bits per heavy atom. The Labute approximate surface area is 117 Å². The van der Waals surface area contributed by atoms with Gasteiger partial charge in [-0.3, -0.25) is 0 Å². The summed E-state index contributed by atoms with van der Waals surface area (Å²) in [4.78, 5) is 0. The molecular weight excluding hydrogens is 238 g/mol. The van der Waals surface area contributed by atoms with E-state index in [0.29, 0.717) is 18.4 Å². The summed E-state index contributed by atoms with van der Waals surface area (Å²) in [7, 11) is 1.61. The van der Waals surface area contributed by atoms with Crippen LogP contribution in [0.2, 0.25) is 0 Å². The molecule has 1 aromatic carbocycles. The van der Waals surface area contributed by atoms with Crippen LogP contribution in [0.15, 0.2) is 30.3 Å². The van der Waals surface area contributed by atoms with E-state index in [0.717, 1.165) is 19.5 Å². The highest BCUT2D eigenvalue weighted by Gasteiger charge is 2.15. The van der Waals surface area contributed by atoms with Crippen molar-refractivity contribution in [3.05, 3.63) is 35.9 Å². The van der Waals surface area contributed by atoms with Crippen LogP contribution in [0.5, 0.6) is 0 Å². The highest BCUT2D eigenvalue weighted by molar-refractivity contribution is 5.20. The van der Waals surface area contributed by atoms with Crippen LogP contribution in [-0.4, -0.2) is 38.0 Å². The molecule has 0 bridgehead atoms. The molecule has 0 spiro atoms. The quantitative estimate of drug-likeness (QED) is 0.674. The maximum Gasteiger partial charge on any atom is 0.0785 e. The molecule has 108 valence electrons. The molecule has 3 nitrogen and oxygen atoms in total. The number of aliphatic hydroxyl groups excluding tert-OH is 1. The van der Waals surface area contributed by atoms with Gasteiger partial charge in [0.15, 0.2) is 0 Å². The van der Waals surface area contributed by atoms with E-state index < -0.39 is 0 Å². The van der Waals surface area contributed by atoms with Crippen molar-refractivity contribution in [2.24, 2.45) is 5.92 Å². The Bertz CT molecular complexity index is 327. The van der Waals surface area contributed by atoms with E-state index in [2.05, 4.69) is 49.5 Å². The lowest BCUT2D eigenvalue weighted by atomic mass is 9.88. The third kappa shape index (κ3) is 6.19. The van der Waals surface area contributed by atoms with Crippen molar-refractivity contribution in [1.82, 2.24) is 5.32 Å². The molecule has 1 aromatic rings. The van der Waals surface area contributed by atoms with E-state index in [-0.39, 0.29) is 6.10 Å². The SMILES string of the molecule is COCC(O)CCNCC(c1ccccc1)C(C)C. The summed E-state index contributed by atoms with van der Waals surface area (Å²) in [5.74, 6) is 1.11. The molecule has 0 heterocycles. The molecule has 0 aromatic heterocycles. The summed E-state index contributed by atoms with van der Waals surface area (Å²) < 4.78 is 4.91. The van der Waals surface area contributed by atoms with Gasteiger partial charge < -0.3 is 15.2 Å². The first-order valence-electron chi connectivity index (χ1n) is 7.07. The van der Waals surface area contributed by atoms with Crippen LogP contribution in [0.4, 0.5) is 0 Å². The van der Waals surface area contributed by atoms with Gasteiger partial charge >= 0.3 is 0 Å². The monoisotopic (exact) mass is 265 g/mol. The number of aliphatic hydroxyl groups is 1. The first kappa shape index (κ1) is 16.2. The fraction of sp³-hybridized carbons (Fsp3) is 0.625. The molecule has 0 saturated heterocycles. The Morgan fingerprint density at radius 2 is 1.89 bits per heavy atom. The molecule has 0 aliphatic rings. The number of rotatable bonds is 9.